The molecule has 0 radical (unpaired) electrons. The van der Waals surface area contributed by atoms with Gasteiger partial charge in [-0.15, -0.1) is 0 Å². The van der Waals surface area contributed by atoms with Crippen LogP contribution in [0.5, 0.6) is 5.75 Å². The van der Waals surface area contributed by atoms with E-state index in [1.54, 1.807) is 18.2 Å². The number of carbonyl (C=O) groups is 1. The van der Waals surface area contributed by atoms with Crippen molar-refractivity contribution in [2.45, 2.75) is 0 Å². The second-order valence-corrected chi connectivity index (χ2v) is 5.99. The molecule has 0 aliphatic heterocycles. The molecule has 1 heterocycles. The van der Waals surface area contributed by atoms with Crippen LogP contribution in [0, 0.1) is 5.82 Å². The molecule has 0 saturated carbocycles. The van der Waals surface area contributed by atoms with E-state index in [1.165, 1.54) is 31.4 Å². The van der Waals surface area contributed by atoms with Crippen molar-refractivity contribution in [2.24, 2.45) is 0 Å². The maximum absolute atomic E-state index is 13.0. The maximum atomic E-state index is 13.0. The fourth-order valence-corrected chi connectivity index (χ4v) is 2.75. The number of benzene rings is 3. The largest absolute Gasteiger partial charge is 0.495 e. The minimum atomic E-state index is -0.486. The summed E-state index contributed by atoms with van der Waals surface area (Å²) < 4.78 is 24.1. The predicted molar refractivity (Wildman–Crippen MR) is 105 cm³/mol. The van der Waals surface area contributed by atoms with Gasteiger partial charge in [0.25, 0.3) is 0 Å². The van der Waals surface area contributed by atoms with Crippen LogP contribution in [0.1, 0.15) is 0 Å². The number of anilines is 2. The number of rotatable bonds is 4. The fraction of sp³-hybridized carbons (Fsp3) is 0.0476. The highest BCUT2D eigenvalue weighted by atomic mass is 19.1. The summed E-state index contributed by atoms with van der Waals surface area (Å²) >= 11 is 0. The van der Waals surface area contributed by atoms with E-state index in [2.05, 4.69) is 15.6 Å². The van der Waals surface area contributed by atoms with Crippen LogP contribution in [0.15, 0.2) is 71.1 Å². The molecule has 3 aromatic carbocycles. The Morgan fingerprint density at radius 3 is 2.57 bits per heavy atom. The second-order valence-electron chi connectivity index (χ2n) is 5.99. The van der Waals surface area contributed by atoms with Crippen molar-refractivity contribution in [3.8, 4) is 17.2 Å². The number of ether oxygens (including phenoxy) is 1. The first kappa shape index (κ1) is 17.5. The number of hydrogen-bond acceptors (Lipinski definition) is 4. The monoisotopic (exact) mass is 377 g/mol. The molecular weight excluding hydrogens is 361 g/mol. The molecule has 0 fully saturated rings. The summed E-state index contributed by atoms with van der Waals surface area (Å²) in [5.41, 5.74) is 3.03. The molecule has 28 heavy (non-hydrogen) atoms. The van der Waals surface area contributed by atoms with Gasteiger partial charge in [0.15, 0.2) is 5.58 Å². The Hall–Kier alpha value is -3.87. The van der Waals surface area contributed by atoms with Crippen LogP contribution in [-0.4, -0.2) is 18.1 Å². The topological polar surface area (TPSA) is 76.4 Å². The normalized spacial score (nSPS) is 10.6. The molecule has 0 atom stereocenters. The molecule has 0 aliphatic carbocycles. The minimum Gasteiger partial charge on any atom is -0.495 e. The molecule has 0 unspecified atom stereocenters. The van der Waals surface area contributed by atoms with Gasteiger partial charge in [-0.05, 0) is 54.6 Å². The molecule has 1 aromatic heterocycles. The molecule has 0 spiro atoms. The van der Waals surface area contributed by atoms with Crippen molar-refractivity contribution in [1.82, 2.24) is 4.98 Å². The van der Waals surface area contributed by atoms with E-state index in [4.69, 9.17) is 9.15 Å². The Bertz CT molecular complexity index is 1110. The minimum absolute atomic E-state index is 0.376. The number of oxazole rings is 1. The van der Waals surface area contributed by atoms with Crippen LogP contribution in [0.25, 0.3) is 22.6 Å². The lowest BCUT2D eigenvalue weighted by molar-refractivity contribution is 0.262. The molecule has 6 nitrogen and oxygen atoms in total. The first-order valence-corrected chi connectivity index (χ1v) is 8.50. The van der Waals surface area contributed by atoms with Crippen LogP contribution in [0.4, 0.5) is 20.6 Å². The Kier molecular flexibility index (Phi) is 4.63. The Balaban J connectivity index is 1.59. The summed E-state index contributed by atoms with van der Waals surface area (Å²) in [6, 6.07) is 17.7. The molecule has 4 rings (SSSR count). The lowest BCUT2D eigenvalue weighted by atomic mass is 10.2. The third-order valence-electron chi connectivity index (χ3n) is 4.09. The number of fused-ring (bicyclic) bond motifs is 1. The van der Waals surface area contributed by atoms with Gasteiger partial charge >= 0.3 is 6.03 Å². The van der Waals surface area contributed by atoms with Gasteiger partial charge in [-0.2, -0.15) is 0 Å². The van der Waals surface area contributed by atoms with E-state index in [1.807, 2.05) is 24.3 Å². The number of hydrogen-bond donors (Lipinski definition) is 2. The first-order valence-electron chi connectivity index (χ1n) is 8.50. The van der Waals surface area contributed by atoms with Crippen LogP contribution < -0.4 is 15.4 Å². The molecule has 7 heteroatoms. The predicted octanol–water partition coefficient (Wildman–Crippen LogP) is 5.29. The maximum Gasteiger partial charge on any atom is 0.323 e. The number of methoxy groups -OCH3 is 1. The quantitative estimate of drug-likeness (QED) is 0.507. The average Bonchev–Trinajstić information content (AvgIpc) is 3.14. The van der Waals surface area contributed by atoms with E-state index >= 15 is 0 Å². The van der Waals surface area contributed by atoms with Crippen LogP contribution in [0.3, 0.4) is 0 Å². The summed E-state index contributed by atoms with van der Waals surface area (Å²) in [5.74, 6) is 0.540. The zero-order valence-corrected chi connectivity index (χ0v) is 14.9. The van der Waals surface area contributed by atoms with Crippen LogP contribution >= 0.6 is 0 Å². The fourth-order valence-electron chi connectivity index (χ4n) is 2.75. The third kappa shape index (κ3) is 3.64. The van der Waals surface area contributed by atoms with E-state index in [0.29, 0.717) is 34.2 Å². The number of halogens is 1. The highest BCUT2D eigenvalue weighted by molar-refractivity contribution is 6.01. The van der Waals surface area contributed by atoms with E-state index in [9.17, 15) is 9.18 Å². The van der Waals surface area contributed by atoms with Gasteiger partial charge in [0.05, 0.1) is 12.8 Å². The molecule has 2 amide bonds. The SMILES string of the molecule is COc1ccc(-c2nc3ccccc3o2)cc1NC(=O)Nc1ccc(F)cc1. The molecular formula is C21H16FN3O3. The number of nitrogens with one attached hydrogen (secondary N) is 2. The van der Waals surface area contributed by atoms with Gasteiger partial charge < -0.3 is 19.8 Å². The summed E-state index contributed by atoms with van der Waals surface area (Å²) in [7, 11) is 1.51. The van der Waals surface area contributed by atoms with Gasteiger partial charge in [0.2, 0.25) is 5.89 Å². The number of aromatic nitrogens is 1. The van der Waals surface area contributed by atoms with Crippen molar-refractivity contribution >= 4 is 28.5 Å². The Morgan fingerprint density at radius 1 is 1.04 bits per heavy atom. The van der Waals surface area contributed by atoms with E-state index in [-0.39, 0.29) is 5.82 Å². The molecule has 4 aromatic rings. The number of nitrogens with zero attached hydrogens (tertiary/aromatic N) is 1. The Labute approximate surface area is 160 Å². The molecule has 0 saturated heterocycles. The van der Waals surface area contributed by atoms with Crippen molar-refractivity contribution in [3.63, 3.8) is 0 Å². The van der Waals surface area contributed by atoms with Crippen molar-refractivity contribution in [1.29, 1.82) is 0 Å². The number of urea groups is 1. The zero-order valence-electron chi connectivity index (χ0n) is 14.9. The van der Waals surface area contributed by atoms with Crippen LogP contribution in [0.2, 0.25) is 0 Å². The first-order chi connectivity index (χ1) is 13.6. The number of amides is 2. The Morgan fingerprint density at radius 2 is 1.82 bits per heavy atom. The zero-order chi connectivity index (χ0) is 19.5. The molecule has 0 aliphatic rings. The van der Waals surface area contributed by atoms with E-state index in [0.717, 1.165) is 5.52 Å². The van der Waals surface area contributed by atoms with Crippen molar-refractivity contribution in [2.75, 3.05) is 17.7 Å². The van der Waals surface area contributed by atoms with Gasteiger partial charge in [-0.3, -0.25) is 0 Å². The highest BCUT2D eigenvalue weighted by Crippen LogP contribution is 2.32. The highest BCUT2D eigenvalue weighted by Gasteiger charge is 2.13. The average molecular weight is 377 g/mol. The van der Waals surface area contributed by atoms with Crippen LogP contribution in [-0.2, 0) is 0 Å². The van der Waals surface area contributed by atoms with Gasteiger partial charge in [0.1, 0.15) is 17.1 Å². The summed E-state index contributed by atoms with van der Waals surface area (Å²) in [5, 5.41) is 5.37. The summed E-state index contributed by atoms with van der Waals surface area (Å²) in [6.45, 7) is 0. The second kappa shape index (κ2) is 7.40. The summed E-state index contributed by atoms with van der Waals surface area (Å²) in [6.07, 6.45) is 0. The third-order valence-corrected chi connectivity index (χ3v) is 4.09. The van der Waals surface area contributed by atoms with E-state index < -0.39 is 6.03 Å². The number of para-hydroxylation sites is 2. The van der Waals surface area contributed by atoms with Gasteiger partial charge in [-0.1, -0.05) is 12.1 Å². The lowest BCUT2D eigenvalue weighted by Gasteiger charge is -2.12. The van der Waals surface area contributed by atoms with Gasteiger partial charge in [-0.25, -0.2) is 14.2 Å². The van der Waals surface area contributed by atoms with Crippen molar-refractivity contribution < 1.29 is 18.3 Å². The summed E-state index contributed by atoms with van der Waals surface area (Å²) in [4.78, 5) is 16.8. The molecule has 0 bridgehead atoms. The van der Waals surface area contributed by atoms with Crippen molar-refractivity contribution in [3.05, 3.63) is 72.5 Å². The molecule has 140 valence electrons. The smallest absolute Gasteiger partial charge is 0.323 e. The standard InChI is InChI=1S/C21H16FN3O3/c1-27-18-11-6-13(20-24-16-4-2-3-5-19(16)28-20)12-17(18)25-21(26)23-15-9-7-14(22)8-10-15/h2-12H,1H3,(H2,23,25,26). The lowest BCUT2D eigenvalue weighted by Crippen LogP contribution is -2.19. The molecule has 2 N–H and O–H groups in total. The number of carbonyl (C=O) groups excluding carboxylic acids is 1. The van der Waals surface area contributed by atoms with Gasteiger partial charge in [0, 0.05) is 11.3 Å².